The molecule has 0 amide bonds. The standard InChI is InChI=1S/C26H27F3N2OS/c1-2-9-19-16-20(19)14-15-22-24(18-10-5-3-4-6-11-18)31-25(30-22)33-17-21-12-7-8-13-23(21)32-26(27,28)29/h2-5,7-15,19-20,22,24H,6,16-17H2,1H3,(H,30,31)/b9-2-,15-14+/t19?,20?,22-,24+/m0/s1. The first-order chi connectivity index (χ1) is 15.9. The third-order valence-electron chi connectivity index (χ3n) is 5.71. The van der Waals surface area contributed by atoms with E-state index < -0.39 is 6.36 Å². The lowest BCUT2D eigenvalue weighted by molar-refractivity contribution is -0.274. The second-order valence-corrected chi connectivity index (χ2v) is 9.16. The number of thioether (sulfide) groups is 1. The number of nitrogens with one attached hydrogen (secondary N) is 1. The van der Waals surface area contributed by atoms with E-state index in [0.29, 0.717) is 23.2 Å². The number of amidine groups is 1. The lowest BCUT2D eigenvalue weighted by atomic mass is 9.99. The first kappa shape index (κ1) is 23.5. The Bertz CT molecular complexity index is 1020. The molecule has 1 fully saturated rings. The molecular formula is C26H27F3N2OS. The highest BCUT2D eigenvalue weighted by molar-refractivity contribution is 8.13. The predicted octanol–water partition coefficient (Wildman–Crippen LogP) is 6.73. The van der Waals surface area contributed by atoms with Crippen LogP contribution in [0.2, 0.25) is 0 Å². The summed E-state index contributed by atoms with van der Waals surface area (Å²) in [6, 6.07) is 6.18. The highest BCUT2D eigenvalue weighted by Gasteiger charge is 2.35. The first-order valence-electron chi connectivity index (χ1n) is 11.1. The van der Waals surface area contributed by atoms with Crippen molar-refractivity contribution in [1.29, 1.82) is 0 Å². The number of para-hydroxylation sites is 1. The van der Waals surface area contributed by atoms with Gasteiger partial charge in [-0.2, -0.15) is 0 Å². The van der Waals surface area contributed by atoms with Crippen LogP contribution in [0.3, 0.4) is 0 Å². The minimum Gasteiger partial charge on any atom is -0.405 e. The van der Waals surface area contributed by atoms with Gasteiger partial charge in [-0.25, -0.2) is 0 Å². The summed E-state index contributed by atoms with van der Waals surface area (Å²) in [5.74, 6) is 1.33. The molecule has 0 saturated heterocycles. The normalized spacial score (nSPS) is 26.9. The molecule has 0 bridgehead atoms. The number of ether oxygens (including phenoxy) is 1. The van der Waals surface area contributed by atoms with E-state index >= 15 is 0 Å². The smallest absolute Gasteiger partial charge is 0.405 e. The Kier molecular flexibility index (Phi) is 7.48. The van der Waals surface area contributed by atoms with Crippen molar-refractivity contribution >= 4 is 16.9 Å². The highest BCUT2D eigenvalue weighted by Crippen LogP contribution is 2.41. The first-order valence-corrected chi connectivity index (χ1v) is 12.1. The lowest BCUT2D eigenvalue weighted by Crippen LogP contribution is -2.32. The molecule has 0 radical (unpaired) electrons. The molecule has 0 aromatic heterocycles. The third kappa shape index (κ3) is 6.67. The van der Waals surface area contributed by atoms with Crippen LogP contribution in [0.4, 0.5) is 13.2 Å². The number of rotatable bonds is 7. The van der Waals surface area contributed by atoms with Crippen molar-refractivity contribution in [3.05, 3.63) is 90.1 Å². The molecule has 174 valence electrons. The van der Waals surface area contributed by atoms with Crippen LogP contribution in [-0.4, -0.2) is 23.6 Å². The minimum atomic E-state index is -4.72. The number of hydrogen-bond donors (Lipinski definition) is 1. The second-order valence-electron chi connectivity index (χ2n) is 8.19. The van der Waals surface area contributed by atoms with Gasteiger partial charge >= 0.3 is 6.36 Å². The number of hydrogen-bond acceptors (Lipinski definition) is 4. The number of aliphatic imine (C=N–C) groups is 1. The van der Waals surface area contributed by atoms with Gasteiger partial charge in [0, 0.05) is 11.3 Å². The molecule has 2 aliphatic carbocycles. The van der Waals surface area contributed by atoms with Gasteiger partial charge in [0.05, 0.1) is 6.04 Å². The number of allylic oxidation sites excluding steroid dienone is 7. The fourth-order valence-electron chi connectivity index (χ4n) is 3.98. The second kappa shape index (κ2) is 10.5. The van der Waals surface area contributed by atoms with E-state index in [1.807, 2.05) is 19.1 Å². The Morgan fingerprint density at radius 1 is 1.15 bits per heavy atom. The van der Waals surface area contributed by atoms with Gasteiger partial charge < -0.3 is 10.1 Å². The summed E-state index contributed by atoms with van der Waals surface area (Å²) in [5, 5.41) is 4.20. The minimum absolute atomic E-state index is 0.00928. The number of halogens is 3. The van der Waals surface area contributed by atoms with Crippen molar-refractivity contribution in [2.45, 2.75) is 44.0 Å². The molecule has 7 heteroatoms. The van der Waals surface area contributed by atoms with E-state index in [2.05, 4.69) is 52.6 Å². The summed E-state index contributed by atoms with van der Waals surface area (Å²) in [6.07, 6.45) is 16.5. The molecule has 3 nitrogen and oxygen atoms in total. The topological polar surface area (TPSA) is 33.6 Å². The van der Waals surface area contributed by atoms with Crippen molar-refractivity contribution in [2.24, 2.45) is 16.8 Å². The van der Waals surface area contributed by atoms with Crippen LogP contribution in [0.25, 0.3) is 0 Å². The predicted molar refractivity (Wildman–Crippen MR) is 129 cm³/mol. The largest absolute Gasteiger partial charge is 0.573 e. The summed E-state index contributed by atoms with van der Waals surface area (Å²) in [4.78, 5) is 4.90. The maximum atomic E-state index is 12.7. The molecule has 1 heterocycles. The van der Waals surface area contributed by atoms with Crippen LogP contribution in [0, 0.1) is 11.8 Å². The molecule has 33 heavy (non-hydrogen) atoms. The van der Waals surface area contributed by atoms with Crippen LogP contribution >= 0.6 is 11.8 Å². The van der Waals surface area contributed by atoms with E-state index in [-0.39, 0.29) is 17.8 Å². The van der Waals surface area contributed by atoms with Gasteiger partial charge in [-0.1, -0.05) is 84.6 Å². The van der Waals surface area contributed by atoms with Crippen LogP contribution in [0.1, 0.15) is 25.3 Å². The molecule has 1 aliphatic heterocycles. The van der Waals surface area contributed by atoms with Crippen molar-refractivity contribution < 1.29 is 17.9 Å². The Morgan fingerprint density at radius 2 is 1.97 bits per heavy atom. The fourth-order valence-corrected chi connectivity index (χ4v) is 4.91. The van der Waals surface area contributed by atoms with Crippen LogP contribution in [0.5, 0.6) is 5.75 Å². The van der Waals surface area contributed by atoms with Gasteiger partial charge in [0.1, 0.15) is 11.8 Å². The molecule has 1 aromatic rings. The van der Waals surface area contributed by atoms with E-state index in [4.69, 9.17) is 4.99 Å². The maximum Gasteiger partial charge on any atom is 0.573 e. The Labute approximate surface area is 196 Å². The molecule has 1 N–H and O–H groups in total. The zero-order chi connectivity index (χ0) is 23.3. The van der Waals surface area contributed by atoms with Crippen molar-refractivity contribution in [3.63, 3.8) is 0 Å². The van der Waals surface area contributed by atoms with E-state index in [9.17, 15) is 13.2 Å². The molecule has 4 atom stereocenters. The van der Waals surface area contributed by atoms with Crippen LogP contribution in [0.15, 0.2) is 89.5 Å². The summed E-state index contributed by atoms with van der Waals surface area (Å²) < 4.78 is 42.4. The maximum absolute atomic E-state index is 12.7. The summed E-state index contributed by atoms with van der Waals surface area (Å²) in [7, 11) is 0. The average molecular weight is 473 g/mol. The zero-order valence-electron chi connectivity index (χ0n) is 18.3. The summed E-state index contributed by atoms with van der Waals surface area (Å²) in [5.41, 5.74) is 1.61. The Balaban J connectivity index is 1.46. The monoisotopic (exact) mass is 472 g/mol. The SMILES string of the molecule is C/C=C\C1CC1/C=C/[C@@H]1NC(SCc2ccccc2OC(F)(F)F)=N[C@@H]1C1=CCC=CC=C1. The van der Waals surface area contributed by atoms with Gasteiger partial charge in [0.15, 0.2) is 5.17 Å². The number of nitrogens with zero attached hydrogens (tertiary/aromatic N) is 1. The van der Waals surface area contributed by atoms with Crippen molar-refractivity contribution in [1.82, 2.24) is 5.32 Å². The van der Waals surface area contributed by atoms with Gasteiger partial charge in [-0.05, 0) is 43.2 Å². The quantitative estimate of drug-likeness (QED) is 0.447. The van der Waals surface area contributed by atoms with Gasteiger partial charge in [0.25, 0.3) is 0 Å². The molecule has 0 spiro atoms. The Hall–Kier alpha value is -2.67. The van der Waals surface area contributed by atoms with E-state index in [0.717, 1.165) is 17.2 Å². The van der Waals surface area contributed by atoms with Gasteiger partial charge in [-0.15, -0.1) is 13.2 Å². The molecule has 2 unspecified atom stereocenters. The average Bonchev–Trinajstić information content (AvgIpc) is 3.47. The van der Waals surface area contributed by atoms with Crippen LogP contribution < -0.4 is 10.1 Å². The fraction of sp³-hybridized carbons (Fsp3) is 0.346. The van der Waals surface area contributed by atoms with Gasteiger partial charge in [-0.3, -0.25) is 4.99 Å². The highest BCUT2D eigenvalue weighted by atomic mass is 32.2. The number of benzene rings is 1. The van der Waals surface area contributed by atoms with E-state index in [1.54, 1.807) is 12.1 Å². The summed E-state index contributed by atoms with van der Waals surface area (Å²) >= 11 is 1.39. The number of alkyl halides is 3. The third-order valence-corrected chi connectivity index (χ3v) is 6.66. The molecule has 4 rings (SSSR count). The molecule has 1 saturated carbocycles. The zero-order valence-corrected chi connectivity index (χ0v) is 19.2. The molecular weight excluding hydrogens is 445 g/mol. The van der Waals surface area contributed by atoms with Crippen molar-refractivity contribution in [3.8, 4) is 5.75 Å². The van der Waals surface area contributed by atoms with Crippen molar-refractivity contribution in [2.75, 3.05) is 0 Å². The molecule has 1 aromatic carbocycles. The van der Waals surface area contributed by atoms with Crippen LogP contribution in [-0.2, 0) is 5.75 Å². The summed E-state index contributed by atoms with van der Waals surface area (Å²) in [6.45, 7) is 2.04. The lowest BCUT2D eigenvalue weighted by Gasteiger charge is -2.16. The Morgan fingerprint density at radius 3 is 2.79 bits per heavy atom. The molecule has 3 aliphatic rings. The van der Waals surface area contributed by atoms with Gasteiger partial charge in [0.2, 0.25) is 0 Å². The van der Waals surface area contributed by atoms with E-state index in [1.165, 1.54) is 30.3 Å².